The number of carbonyl (C=O) groups excluding carboxylic acids is 4. The zero-order valence-corrected chi connectivity index (χ0v) is 18.8. The van der Waals surface area contributed by atoms with Gasteiger partial charge >= 0.3 is 6.09 Å². The molecule has 2 unspecified atom stereocenters. The highest BCUT2D eigenvalue weighted by molar-refractivity contribution is 6.30. The maximum absolute atomic E-state index is 13.2. The molecule has 2 aliphatic heterocycles. The number of nitrogens with one attached hydrogen (secondary N) is 2. The Morgan fingerprint density at radius 3 is 2.53 bits per heavy atom. The van der Waals surface area contributed by atoms with Crippen LogP contribution in [0, 0.1) is 0 Å². The number of rotatable bonds is 5. The van der Waals surface area contributed by atoms with E-state index < -0.39 is 30.0 Å². The van der Waals surface area contributed by atoms with E-state index in [4.69, 9.17) is 11.6 Å². The second-order valence-electron chi connectivity index (χ2n) is 8.07. The monoisotopic (exact) mass is 484 g/mol. The maximum Gasteiger partial charge on any atom is 0.405 e. The molecule has 10 nitrogen and oxygen atoms in total. The Kier molecular flexibility index (Phi) is 6.25. The number of benzene rings is 2. The Morgan fingerprint density at radius 1 is 1.18 bits per heavy atom. The van der Waals surface area contributed by atoms with E-state index in [2.05, 4.69) is 10.6 Å². The average Bonchev–Trinajstić information content (AvgIpc) is 3.12. The summed E-state index contributed by atoms with van der Waals surface area (Å²) in [6.07, 6.45) is -0.956. The summed E-state index contributed by atoms with van der Waals surface area (Å²) in [4.78, 5) is 63.8. The van der Waals surface area contributed by atoms with E-state index in [1.165, 1.54) is 16.8 Å². The van der Waals surface area contributed by atoms with Gasteiger partial charge < -0.3 is 20.2 Å². The Bertz CT molecular complexity index is 1200. The van der Waals surface area contributed by atoms with Crippen LogP contribution in [-0.2, 0) is 20.9 Å². The van der Waals surface area contributed by atoms with Crippen molar-refractivity contribution in [2.75, 3.05) is 11.9 Å². The van der Waals surface area contributed by atoms with E-state index >= 15 is 0 Å². The van der Waals surface area contributed by atoms with Gasteiger partial charge in [-0.15, -0.1) is 0 Å². The summed E-state index contributed by atoms with van der Waals surface area (Å²) in [6, 6.07) is 9.16. The molecule has 11 heteroatoms. The summed E-state index contributed by atoms with van der Waals surface area (Å²) in [5.74, 6) is -1.72. The largest absolute Gasteiger partial charge is 0.465 e. The number of carboxylic acid groups (broad SMARTS) is 1. The van der Waals surface area contributed by atoms with E-state index in [-0.39, 0.29) is 31.2 Å². The van der Waals surface area contributed by atoms with Gasteiger partial charge in [0.15, 0.2) is 0 Å². The van der Waals surface area contributed by atoms with Crippen LogP contribution < -0.4 is 15.5 Å². The Labute approximate surface area is 199 Å². The first-order chi connectivity index (χ1) is 16.2. The maximum atomic E-state index is 13.2. The molecule has 4 rings (SSSR count). The fraction of sp³-hybridized carbons (Fsp3) is 0.261. The van der Waals surface area contributed by atoms with Gasteiger partial charge in [-0.2, -0.15) is 0 Å². The van der Waals surface area contributed by atoms with Crippen molar-refractivity contribution >= 4 is 47.0 Å². The molecular formula is C23H21ClN4O6. The van der Waals surface area contributed by atoms with Gasteiger partial charge in [0.05, 0.1) is 0 Å². The van der Waals surface area contributed by atoms with E-state index in [1.54, 1.807) is 42.5 Å². The SMILES string of the molecule is CN(C(=O)C(NC(=O)O)c1ccc(Cl)cc1)c1ccc2c(c1)CN(C1CCC(=O)NC1=O)C2=O. The smallest absolute Gasteiger partial charge is 0.405 e. The van der Waals surface area contributed by atoms with Crippen LogP contribution >= 0.6 is 11.6 Å². The van der Waals surface area contributed by atoms with Crippen molar-refractivity contribution in [1.29, 1.82) is 0 Å². The zero-order chi connectivity index (χ0) is 24.6. The molecule has 0 bridgehead atoms. The van der Waals surface area contributed by atoms with Gasteiger partial charge in [0.25, 0.3) is 11.8 Å². The summed E-state index contributed by atoms with van der Waals surface area (Å²) in [5, 5.41) is 14.2. The Balaban J connectivity index is 1.56. The third kappa shape index (κ3) is 4.44. The second-order valence-corrected chi connectivity index (χ2v) is 8.51. The number of nitrogens with zero attached hydrogens (tertiary/aromatic N) is 2. The number of halogens is 1. The van der Waals surface area contributed by atoms with Crippen molar-refractivity contribution in [3.05, 3.63) is 64.2 Å². The lowest BCUT2D eigenvalue weighted by Crippen LogP contribution is -2.52. The summed E-state index contributed by atoms with van der Waals surface area (Å²) in [7, 11) is 1.51. The fourth-order valence-electron chi connectivity index (χ4n) is 4.16. The second kappa shape index (κ2) is 9.14. The number of hydrogen-bond donors (Lipinski definition) is 3. The molecule has 2 aromatic rings. The normalized spacial score (nSPS) is 18.2. The summed E-state index contributed by atoms with van der Waals surface area (Å²) >= 11 is 5.90. The molecule has 3 N–H and O–H groups in total. The number of amides is 5. The molecule has 0 radical (unpaired) electrons. The molecule has 2 atom stereocenters. The molecule has 0 aliphatic carbocycles. The van der Waals surface area contributed by atoms with Crippen LogP contribution in [0.2, 0.25) is 5.02 Å². The number of piperidine rings is 1. The molecule has 5 amide bonds. The van der Waals surface area contributed by atoms with Crippen LogP contribution in [0.25, 0.3) is 0 Å². The van der Waals surface area contributed by atoms with Gasteiger partial charge in [0, 0.05) is 36.3 Å². The molecule has 34 heavy (non-hydrogen) atoms. The van der Waals surface area contributed by atoms with Crippen LogP contribution in [0.5, 0.6) is 0 Å². The highest BCUT2D eigenvalue weighted by atomic mass is 35.5. The van der Waals surface area contributed by atoms with Crippen LogP contribution in [0.3, 0.4) is 0 Å². The Morgan fingerprint density at radius 2 is 1.88 bits per heavy atom. The van der Waals surface area contributed by atoms with E-state index in [9.17, 15) is 29.1 Å². The lowest BCUT2D eigenvalue weighted by atomic mass is 10.0. The van der Waals surface area contributed by atoms with Gasteiger partial charge in [-0.05, 0) is 47.9 Å². The van der Waals surface area contributed by atoms with Gasteiger partial charge in [0.1, 0.15) is 12.1 Å². The molecule has 2 aromatic carbocycles. The quantitative estimate of drug-likeness (QED) is 0.556. The average molecular weight is 485 g/mol. The van der Waals surface area contributed by atoms with E-state index in [1.807, 2.05) is 0 Å². The minimum absolute atomic E-state index is 0.154. The predicted molar refractivity (Wildman–Crippen MR) is 121 cm³/mol. The number of likely N-dealkylation sites (N-methyl/N-ethyl adjacent to an activating group) is 1. The zero-order valence-electron chi connectivity index (χ0n) is 18.1. The van der Waals surface area contributed by atoms with Gasteiger partial charge in [-0.1, -0.05) is 23.7 Å². The first-order valence-electron chi connectivity index (χ1n) is 10.5. The lowest BCUT2D eigenvalue weighted by Gasteiger charge is -2.29. The molecule has 1 saturated heterocycles. The summed E-state index contributed by atoms with van der Waals surface area (Å²) in [6.45, 7) is 0.157. The lowest BCUT2D eigenvalue weighted by molar-refractivity contribution is -0.137. The van der Waals surface area contributed by atoms with Crippen molar-refractivity contribution in [2.24, 2.45) is 0 Å². The van der Waals surface area contributed by atoms with Gasteiger partial charge in [-0.3, -0.25) is 24.5 Å². The molecular weight excluding hydrogens is 464 g/mol. The van der Waals surface area contributed by atoms with Crippen molar-refractivity contribution in [3.8, 4) is 0 Å². The first-order valence-corrected chi connectivity index (χ1v) is 10.8. The molecule has 176 valence electrons. The first kappa shape index (κ1) is 23.2. The van der Waals surface area contributed by atoms with Crippen LogP contribution in [0.1, 0.15) is 40.4 Å². The minimum Gasteiger partial charge on any atom is -0.465 e. The number of anilines is 1. The van der Waals surface area contributed by atoms with Crippen molar-refractivity contribution in [1.82, 2.24) is 15.5 Å². The topological polar surface area (TPSA) is 136 Å². The van der Waals surface area contributed by atoms with E-state index in [0.717, 1.165) is 0 Å². The van der Waals surface area contributed by atoms with Crippen molar-refractivity contribution in [3.63, 3.8) is 0 Å². The third-order valence-corrected chi connectivity index (χ3v) is 6.20. The summed E-state index contributed by atoms with van der Waals surface area (Å²) < 4.78 is 0. The number of carbonyl (C=O) groups is 5. The Hall–Kier alpha value is -3.92. The molecule has 0 aromatic heterocycles. The van der Waals surface area contributed by atoms with Gasteiger partial charge in [0.2, 0.25) is 11.8 Å². The van der Waals surface area contributed by atoms with Crippen molar-refractivity contribution < 1.29 is 29.1 Å². The predicted octanol–water partition coefficient (Wildman–Crippen LogP) is 2.07. The van der Waals surface area contributed by atoms with Crippen molar-refractivity contribution in [2.45, 2.75) is 31.5 Å². The van der Waals surface area contributed by atoms with Gasteiger partial charge in [-0.25, -0.2) is 4.79 Å². The molecule has 1 fully saturated rings. The minimum atomic E-state index is -1.36. The fourth-order valence-corrected chi connectivity index (χ4v) is 4.28. The molecule has 0 saturated carbocycles. The number of imide groups is 1. The standard InChI is InChI=1S/C23H21ClN4O6/c1-27(22(32)19(26-23(33)34)12-2-4-14(24)5-3-12)15-6-7-16-13(10-15)11-28(21(16)31)17-8-9-18(29)25-20(17)30/h2-7,10,17,19,26H,8-9,11H2,1H3,(H,33,34)(H,25,29,30). The third-order valence-electron chi connectivity index (χ3n) is 5.94. The molecule has 2 aliphatic rings. The number of fused-ring (bicyclic) bond motifs is 1. The molecule has 2 heterocycles. The van der Waals surface area contributed by atoms with Crippen LogP contribution in [-0.4, -0.2) is 52.8 Å². The molecule has 0 spiro atoms. The highest BCUT2D eigenvalue weighted by Crippen LogP contribution is 2.31. The summed E-state index contributed by atoms with van der Waals surface area (Å²) in [5.41, 5.74) is 1.91. The van der Waals surface area contributed by atoms with E-state index in [0.29, 0.717) is 27.4 Å². The number of hydrogen-bond acceptors (Lipinski definition) is 5. The van der Waals surface area contributed by atoms with Crippen LogP contribution in [0.4, 0.5) is 10.5 Å². The highest BCUT2D eigenvalue weighted by Gasteiger charge is 2.39. The van der Waals surface area contributed by atoms with Crippen LogP contribution in [0.15, 0.2) is 42.5 Å².